The number of ether oxygens (including phenoxy) is 2. The fraction of sp³-hybridized carbons (Fsp3) is 0.364. The standard InChI is InChI=1S/C33H37N3O10/c1-21-28(46-33(41)44-21)24(31(39)42-2)14-8-9-17-34-29(37)25(36-30(38)27-19-23-13-6-7-16-26(23)45-27)15-10-18-35-32(40)43-20-22-11-4-3-5-12-22/h3-7,11-13,16,19,24-25H,8-10,14-15,17-18,20H2,1-2H3,(H,34,37)(H,35,40)(H,36,38)/t24?,25-/m0/s1. The van der Waals surface area contributed by atoms with Crippen LogP contribution in [0, 0.1) is 6.92 Å². The molecular formula is C33H37N3O10. The van der Waals surface area contributed by atoms with E-state index >= 15 is 0 Å². The molecule has 46 heavy (non-hydrogen) atoms. The van der Waals surface area contributed by atoms with Crippen LogP contribution in [0.25, 0.3) is 11.0 Å². The van der Waals surface area contributed by atoms with Gasteiger partial charge in [-0.05, 0) is 50.3 Å². The summed E-state index contributed by atoms with van der Waals surface area (Å²) in [5.74, 6) is -2.87. The number of rotatable bonds is 16. The molecule has 2 atom stereocenters. The molecule has 2 aromatic carbocycles. The van der Waals surface area contributed by atoms with E-state index in [2.05, 4.69) is 16.0 Å². The van der Waals surface area contributed by atoms with Crippen LogP contribution in [-0.2, 0) is 25.7 Å². The van der Waals surface area contributed by atoms with Crippen LogP contribution in [0.4, 0.5) is 4.79 Å². The molecule has 0 aliphatic carbocycles. The van der Waals surface area contributed by atoms with Crippen molar-refractivity contribution >= 4 is 34.8 Å². The minimum Gasteiger partial charge on any atom is -0.468 e. The molecule has 3 N–H and O–H groups in total. The summed E-state index contributed by atoms with van der Waals surface area (Å²) in [6.07, 6.45) is 1.27. The van der Waals surface area contributed by atoms with Gasteiger partial charge in [-0.25, -0.2) is 9.59 Å². The van der Waals surface area contributed by atoms with Gasteiger partial charge in [-0.3, -0.25) is 14.4 Å². The van der Waals surface area contributed by atoms with Gasteiger partial charge in [0.05, 0.1) is 7.11 Å². The molecule has 0 spiro atoms. The molecule has 2 heterocycles. The molecule has 0 fully saturated rings. The number of amides is 3. The summed E-state index contributed by atoms with van der Waals surface area (Å²) >= 11 is 0. The number of aryl methyl sites for hydroxylation is 1. The van der Waals surface area contributed by atoms with Gasteiger partial charge >= 0.3 is 17.9 Å². The van der Waals surface area contributed by atoms with E-state index in [-0.39, 0.29) is 43.4 Å². The van der Waals surface area contributed by atoms with Crippen molar-refractivity contribution in [3.8, 4) is 0 Å². The average molecular weight is 636 g/mol. The lowest BCUT2D eigenvalue weighted by molar-refractivity contribution is -0.143. The molecule has 2 aromatic heterocycles. The minimum absolute atomic E-state index is 0.0663. The first-order chi connectivity index (χ1) is 22.2. The number of hydrogen-bond acceptors (Lipinski definition) is 10. The minimum atomic E-state index is -0.923. The lowest BCUT2D eigenvalue weighted by Crippen LogP contribution is -2.47. The summed E-state index contributed by atoms with van der Waals surface area (Å²) in [6.45, 7) is 2.12. The Hall–Kier alpha value is -5.33. The van der Waals surface area contributed by atoms with E-state index in [0.29, 0.717) is 31.3 Å². The molecule has 0 aliphatic rings. The Morgan fingerprint density at radius 1 is 0.848 bits per heavy atom. The van der Waals surface area contributed by atoms with Gasteiger partial charge in [0.25, 0.3) is 5.91 Å². The van der Waals surface area contributed by atoms with Crippen molar-refractivity contribution in [3.63, 3.8) is 0 Å². The Morgan fingerprint density at radius 2 is 1.59 bits per heavy atom. The number of carbonyl (C=O) groups excluding carboxylic acids is 4. The molecule has 0 aliphatic heterocycles. The number of methoxy groups -OCH3 is 1. The molecule has 0 saturated heterocycles. The number of unbranched alkanes of at least 4 members (excludes halogenated alkanes) is 1. The molecule has 1 unspecified atom stereocenters. The fourth-order valence-corrected chi connectivity index (χ4v) is 4.84. The smallest absolute Gasteiger partial charge is 0.468 e. The zero-order valence-corrected chi connectivity index (χ0v) is 25.7. The van der Waals surface area contributed by atoms with E-state index < -0.39 is 41.7 Å². The van der Waals surface area contributed by atoms with E-state index in [4.69, 9.17) is 22.7 Å². The maximum Gasteiger partial charge on any atom is 0.519 e. The zero-order chi connectivity index (χ0) is 32.9. The first kappa shape index (κ1) is 33.6. The molecular weight excluding hydrogens is 598 g/mol. The first-order valence-corrected chi connectivity index (χ1v) is 14.9. The van der Waals surface area contributed by atoms with Crippen LogP contribution in [0.3, 0.4) is 0 Å². The van der Waals surface area contributed by atoms with Crippen molar-refractivity contribution in [2.45, 2.75) is 57.6 Å². The van der Waals surface area contributed by atoms with E-state index in [1.54, 1.807) is 18.2 Å². The van der Waals surface area contributed by atoms with Crippen LogP contribution in [0.2, 0.25) is 0 Å². The SMILES string of the molecule is COC(=O)C(CCCCNC(=O)[C@H](CCCNC(=O)OCc1ccccc1)NC(=O)c1cc2ccccc2o1)c1oc(=O)oc1C. The van der Waals surface area contributed by atoms with Gasteiger partial charge in [-0.15, -0.1) is 0 Å². The van der Waals surface area contributed by atoms with Crippen LogP contribution in [0.5, 0.6) is 0 Å². The monoisotopic (exact) mass is 635 g/mol. The number of fused-ring (bicyclic) bond motifs is 1. The van der Waals surface area contributed by atoms with Crippen LogP contribution in [0.1, 0.15) is 65.7 Å². The molecule has 0 saturated carbocycles. The Kier molecular flexibility index (Phi) is 12.2. The number of alkyl carbamates (subject to hydrolysis) is 1. The summed E-state index contributed by atoms with van der Waals surface area (Å²) in [4.78, 5) is 62.1. The van der Waals surface area contributed by atoms with E-state index in [9.17, 15) is 24.0 Å². The van der Waals surface area contributed by atoms with Gasteiger partial charge in [0.2, 0.25) is 5.91 Å². The maximum atomic E-state index is 13.2. The Labute approximate surface area is 264 Å². The molecule has 13 heteroatoms. The topological polar surface area (TPSA) is 179 Å². The summed E-state index contributed by atoms with van der Waals surface area (Å²) < 4.78 is 25.6. The number of nitrogens with one attached hydrogen (secondary N) is 3. The van der Waals surface area contributed by atoms with Crippen LogP contribution >= 0.6 is 0 Å². The Balaban J connectivity index is 1.29. The third-order valence-corrected chi connectivity index (χ3v) is 7.22. The van der Waals surface area contributed by atoms with Crippen molar-refractivity contribution < 1.29 is 41.9 Å². The van der Waals surface area contributed by atoms with E-state index in [0.717, 1.165) is 10.9 Å². The number of para-hydroxylation sites is 1. The molecule has 4 aromatic rings. The number of carbonyl (C=O) groups is 4. The van der Waals surface area contributed by atoms with Crippen molar-refractivity contribution in [1.82, 2.24) is 16.0 Å². The van der Waals surface area contributed by atoms with Gasteiger partial charge in [0.1, 0.15) is 29.9 Å². The van der Waals surface area contributed by atoms with Crippen molar-refractivity contribution in [2.75, 3.05) is 20.2 Å². The predicted molar refractivity (Wildman–Crippen MR) is 165 cm³/mol. The quantitative estimate of drug-likeness (QED) is 0.118. The zero-order valence-electron chi connectivity index (χ0n) is 25.7. The number of furan rings is 1. The van der Waals surface area contributed by atoms with Gasteiger partial charge in [0.15, 0.2) is 11.5 Å². The van der Waals surface area contributed by atoms with Gasteiger partial charge < -0.3 is 38.7 Å². The Bertz CT molecular complexity index is 1640. The largest absolute Gasteiger partial charge is 0.519 e. The second kappa shape index (κ2) is 16.7. The lowest BCUT2D eigenvalue weighted by Gasteiger charge is -2.18. The van der Waals surface area contributed by atoms with Crippen LogP contribution in [0.15, 0.2) is 78.7 Å². The summed E-state index contributed by atoms with van der Waals surface area (Å²) in [5, 5.41) is 8.97. The lowest BCUT2D eigenvalue weighted by atomic mass is 9.98. The summed E-state index contributed by atoms with van der Waals surface area (Å²) in [5.41, 5.74) is 1.40. The molecule has 13 nitrogen and oxygen atoms in total. The third kappa shape index (κ3) is 9.58. The highest BCUT2D eigenvalue weighted by Crippen LogP contribution is 2.26. The van der Waals surface area contributed by atoms with Crippen molar-refractivity contribution in [2.24, 2.45) is 0 Å². The Morgan fingerprint density at radius 3 is 2.30 bits per heavy atom. The first-order valence-electron chi connectivity index (χ1n) is 14.9. The average Bonchev–Trinajstić information content (AvgIpc) is 3.65. The van der Waals surface area contributed by atoms with Gasteiger partial charge in [-0.2, -0.15) is 0 Å². The number of hydrogen-bond donors (Lipinski definition) is 3. The van der Waals surface area contributed by atoms with Crippen LogP contribution < -0.4 is 21.8 Å². The summed E-state index contributed by atoms with van der Waals surface area (Å²) in [7, 11) is 1.24. The number of benzene rings is 2. The van der Waals surface area contributed by atoms with Crippen molar-refractivity contribution in [1.29, 1.82) is 0 Å². The fourth-order valence-electron chi connectivity index (χ4n) is 4.84. The van der Waals surface area contributed by atoms with E-state index in [1.807, 2.05) is 42.5 Å². The molecule has 3 amide bonds. The summed E-state index contributed by atoms with van der Waals surface area (Å²) in [6, 6.07) is 17.1. The van der Waals surface area contributed by atoms with Gasteiger partial charge in [0, 0.05) is 18.5 Å². The molecule has 4 rings (SSSR count). The van der Waals surface area contributed by atoms with Crippen LogP contribution in [-0.4, -0.2) is 50.1 Å². The molecule has 0 radical (unpaired) electrons. The number of esters is 1. The normalized spacial score (nSPS) is 12.2. The maximum absolute atomic E-state index is 13.2. The highest BCUT2D eigenvalue weighted by atomic mass is 16.6. The van der Waals surface area contributed by atoms with Gasteiger partial charge in [-0.1, -0.05) is 55.0 Å². The molecule has 244 valence electrons. The third-order valence-electron chi connectivity index (χ3n) is 7.22. The van der Waals surface area contributed by atoms with E-state index in [1.165, 1.54) is 14.0 Å². The second-order valence-corrected chi connectivity index (χ2v) is 10.5. The highest BCUT2D eigenvalue weighted by molar-refractivity contribution is 5.98. The predicted octanol–water partition coefficient (Wildman–Crippen LogP) is 4.34. The highest BCUT2D eigenvalue weighted by Gasteiger charge is 2.28. The molecule has 0 bridgehead atoms. The second-order valence-electron chi connectivity index (χ2n) is 10.5. The van der Waals surface area contributed by atoms with Crippen molar-refractivity contribution in [3.05, 3.63) is 94.1 Å².